The van der Waals surface area contributed by atoms with Crippen molar-refractivity contribution in [3.8, 4) is 0 Å². The number of nitrogens with zero attached hydrogens (tertiary/aromatic N) is 3. The van der Waals surface area contributed by atoms with Gasteiger partial charge in [-0.15, -0.1) is 0 Å². The van der Waals surface area contributed by atoms with Gasteiger partial charge in [-0.25, -0.2) is 9.97 Å². The molecule has 1 aromatic rings. The van der Waals surface area contributed by atoms with Crippen LogP contribution < -0.4 is 10.6 Å². The van der Waals surface area contributed by atoms with Gasteiger partial charge in [-0.1, -0.05) is 6.92 Å². The maximum Gasteiger partial charge on any atom is 0.131 e. The molecule has 82 valence electrons. The zero-order valence-corrected chi connectivity index (χ0v) is 9.20. The van der Waals surface area contributed by atoms with Crippen molar-refractivity contribution in [2.75, 3.05) is 18.5 Å². The van der Waals surface area contributed by atoms with E-state index in [0.29, 0.717) is 13.0 Å². The molecule has 0 atom stereocenters. The Labute approximate surface area is 89.8 Å². The summed E-state index contributed by atoms with van der Waals surface area (Å²) < 4.78 is 0. The van der Waals surface area contributed by atoms with E-state index in [-0.39, 0.29) is 5.84 Å². The maximum absolute atomic E-state index is 7.15. The normalized spacial score (nSPS) is 10.0. The van der Waals surface area contributed by atoms with Gasteiger partial charge in [-0.3, -0.25) is 5.41 Å². The first-order valence-electron chi connectivity index (χ1n) is 4.98. The standard InChI is InChI=1S/C10H17N5/c1-3-8-6-10(14-7-13-8)15(2)5-4-9(11)12/h6-7H,3-5H2,1-2H3,(H3,11,12). The average molecular weight is 207 g/mol. The molecule has 0 unspecified atom stereocenters. The van der Waals surface area contributed by atoms with Crippen LogP contribution in [-0.4, -0.2) is 29.4 Å². The first-order valence-corrected chi connectivity index (χ1v) is 4.98. The summed E-state index contributed by atoms with van der Waals surface area (Å²) in [7, 11) is 1.94. The maximum atomic E-state index is 7.15. The summed E-state index contributed by atoms with van der Waals surface area (Å²) in [6.45, 7) is 2.76. The third kappa shape index (κ3) is 3.53. The molecule has 0 saturated carbocycles. The molecule has 0 aliphatic carbocycles. The van der Waals surface area contributed by atoms with E-state index in [1.54, 1.807) is 6.33 Å². The summed E-state index contributed by atoms with van der Waals surface area (Å²) in [5.41, 5.74) is 6.32. The predicted molar refractivity (Wildman–Crippen MR) is 61.2 cm³/mol. The number of hydrogen-bond acceptors (Lipinski definition) is 4. The fourth-order valence-electron chi connectivity index (χ4n) is 1.19. The molecule has 0 fully saturated rings. The van der Waals surface area contributed by atoms with Crippen LogP contribution >= 0.6 is 0 Å². The van der Waals surface area contributed by atoms with Crippen molar-refractivity contribution in [3.63, 3.8) is 0 Å². The molecule has 0 bridgehead atoms. The van der Waals surface area contributed by atoms with Crippen molar-refractivity contribution >= 4 is 11.7 Å². The fourth-order valence-corrected chi connectivity index (χ4v) is 1.19. The van der Waals surface area contributed by atoms with Crippen LogP contribution in [0.25, 0.3) is 0 Å². The second-order valence-electron chi connectivity index (χ2n) is 3.42. The summed E-state index contributed by atoms with van der Waals surface area (Å²) in [5.74, 6) is 1.08. The minimum absolute atomic E-state index is 0.201. The molecule has 3 N–H and O–H groups in total. The number of amidine groups is 1. The van der Waals surface area contributed by atoms with Crippen molar-refractivity contribution < 1.29 is 0 Å². The number of anilines is 1. The first-order chi connectivity index (χ1) is 7.13. The first kappa shape index (κ1) is 11.4. The number of nitrogens with two attached hydrogens (primary N) is 1. The van der Waals surface area contributed by atoms with Gasteiger partial charge in [0.2, 0.25) is 0 Å². The van der Waals surface area contributed by atoms with Crippen molar-refractivity contribution in [2.24, 2.45) is 5.73 Å². The highest BCUT2D eigenvalue weighted by molar-refractivity contribution is 5.77. The molecule has 0 spiro atoms. The summed E-state index contributed by atoms with van der Waals surface area (Å²) in [6.07, 6.45) is 3.02. The lowest BCUT2D eigenvalue weighted by molar-refractivity contribution is 0.873. The zero-order chi connectivity index (χ0) is 11.3. The number of aromatic nitrogens is 2. The van der Waals surface area contributed by atoms with Crippen LogP contribution in [0.4, 0.5) is 5.82 Å². The van der Waals surface area contributed by atoms with Gasteiger partial charge in [0.25, 0.3) is 0 Å². The van der Waals surface area contributed by atoms with E-state index < -0.39 is 0 Å². The molecule has 5 nitrogen and oxygen atoms in total. The molecule has 0 aliphatic rings. The topological polar surface area (TPSA) is 78.9 Å². The van der Waals surface area contributed by atoms with Crippen molar-refractivity contribution in [2.45, 2.75) is 19.8 Å². The van der Waals surface area contributed by atoms with Crippen LogP contribution in [0.15, 0.2) is 12.4 Å². The summed E-state index contributed by atoms with van der Waals surface area (Å²) in [5, 5.41) is 7.15. The molecule has 0 amide bonds. The second-order valence-corrected chi connectivity index (χ2v) is 3.42. The average Bonchev–Trinajstić information content (AvgIpc) is 2.26. The van der Waals surface area contributed by atoms with Gasteiger partial charge in [0.05, 0.1) is 5.84 Å². The highest BCUT2D eigenvalue weighted by atomic mass is 15.2. The van der Waals surface area contributed by atoms with Crippen molar-refractivity contribution in [3.05, 3.63) is 18.1 Å². The minimum Gasteiger partial charge on any atom is -0.388 e. The molecule has 0 radical (unpaired) electrons. The van der Waals surface area contributed by atoms with Crippen LogP contribution in [0.3, 0.4) is 0 Å². The highest BCUT2D eigenvalue weighted by Crippen LogP contribution is 2.09. The van der Waals surface area contributed by atoms with Crippen LogP contribution in [-0.2, 0) is 6.42 Å². The Morgan fingerprint density at radius 1 is 1.53 bits per heavy atom. The lowest BCUT2D eigenvalue weighted by Crippen LogP contribution is -2.24. The minimum atomic E-state index is 0.201. The Bertz CT molecular complexity index is 336. The second kappa shape index (κ2) is 5.29. The predicted octanol–water partition coefficient (Wildman–Crippen LogP) is 0.801. The lowest BCUT2D eigenvalue weighted by atomic mass is 10.3. The molecule has 1 aromatic heterocycles. The van der Waals surface area contributed by atoms with Gasteiger partial charge in [-0.2, -0.15) is 0 Å². The van der Waals surface area contributed by atoms with E-state index in [0.717, 1.165) is 17.9 Å². The molecular weight excluding hydrogens is 190 g/mol. The van der Waals surface area contributed by atoms with E-state index >= 15 is 0 Å². The number of nitrogens with one attached hydrogen (secondary N) is 1. The van der Waals surface area contributed by atoms with E-state index in [1.807, 2.05) is 18.0 Å². The van der Waals surface area contributed by atoms with Crippen molar-refractivity contribution in [1.82, 2.24) is 9.97 Å². The van der Waals surface area contributed by atoms with Crippen LogP contribution in [0.1, 0.15) is 19.0 Å². The summed E-state index contributed by atoms with van der Waals surface area (Å²) >= 11 is 0. The van der Waals surface area contributed by atoms with Gasteiger partial charge in [0, 0.05) is 31.8 Å². The molecule has 1 heterocycles. The Morgan fingerprint density at radius 3 is 2.87 bits per heavy atom. The monoisotopic (exact) mass is 207 g/mol. The molecule has 15 heavy (non-hydrogen) atoms. The SMILES string of the molecule is CCc1cc(N(C)CCC(=N)N)ncn1. The van der Waals surface area contributed by atoms with Gasteiger partial charge in [-0.05, 0) is 6.42 Å². The fraction of sp³-hybridized carbons (Fsp3) is 0.500. The number of hydrogen-bond donors (Lipinski definition) is 2. The Morgan fingerprint density at radius 2 is 2.27 bits per heavy atom. The Balaban J connectivity index is 2.64. The van der Waals surface area contributed by atoms with Crippen molar-refractivity contribution in [1.29, 1.82) is 5.41 Å². The summed E-state index contributed by atoms with van der Waals surface area (Å²) in [6, 6.07) is 1.96. The molecule has 5 heteroatoms. The summed E-state index contributed by atoms with van der Waals surface area (Å²) in [4.78, 5) is 10.3. The molecule has 1 rings (SSSR count). The quantitative estimate of drug-likeness (QED) is 0.553. The highest BCUT2D eigenvalue weighted by Gasteiger charge is 2.03. The largest absolute Gasteiger partial charge is 0.388 e. The van der Waals surface area contributed by atoms with E-state index in [4.69, 9.17) is 11.1 Å². The third-order valence-corrected chi connectivity index (χ3v) is 2.18. The smallest absolute Gasteiger partial charge is 0.131 e. The third-order valence-electron chi connectivity index (χ3n) is 2.18. The van der Waals surface area contributed by atoms with E-state index in [1.165, 1.54) is 0 Å². The molecule has 0 saturated heterocycles. The number of rotatable bonds is 5. The van der Waals surface area contributed by atoms with Crippen LogP contribution in [0.2, 0.25) is 0 Å². The Hall–Kier alpha value is -1.65. The number of aryl methyl sites for hydroxylation is 1. The van der Waals surface area contributed by atoms with Gasteiger partial charge in [0.15, 0.2) is 0 Å². The van der Waals surface area contributed by atoms with Crippen LogP contribution in [0, 0.1) is 5.41 Å². The zero-order valence-electron chi connectivity index (χ0n) is 9.20. The lowest BCUT2D eigenvalue weighted by Gasteiger charge is -2.17. The Kier molecular flexibility index (Phi) is 4.03. The molecule has 0 aliphatic heterocycles. The van der Waals surface area contributed by atoms with Gasteiger partial charge < -0.3 is 10.6 Å². The van der Waals surface area contributed by atoms with Gasteiger partial charge >= 0.3 is 0 Å². The van der Waals surface area contributed by atoms with Gasteiger partial charge in [0.1, 0.15) is 12.1 Å². The molecular formula is C10H17N5. The van der Waals surface area contributed by atoms with E-state index in [9.17, 15) is 0 Å². The van der Waals surface area contributed by atoms with Crippen LogP contribution in [0.5, 0.6) is 0 Å². The molecule has 0 aromatic carbocycles. The van der Waals surface area contributed by atoms with E-state index in [2.05, 4.69) is 16.9 Å².